The Balaban J connectivity index is 2.42. The lowest BCUT2D eigenvalue weighted by molar-refractivity contribution is -0.140. The summed E-state index contributed by atoms with van der Waals surface area (Å²) in [6, 6.07) is 0.116. The Kier molecular flexibility index (Phi) is 5.25. The molecule has 0 aromatic heterocycles. The number of carboxylic acids is 1. The van der Waals surface area contributed by atoms with Gasteiger partial charge in [-0.05, 0) is 19.8 Å². The second-order valence-corrected chi connectivity index (χ2v) is 4.82. The summed E-state index contributed by atoms with van der Waals surface area (Å²) in [6.07, 6.45) is 4.39. The minimum atomic E-state index is -0.880. The van der Waals surface area contributed by atoms with Gasteiger partial charge in [-0.3, -0.25) is 4.79 Å². The molecule has 1 saturated heterocycles. The third kappa shape index (κ3) is 4.24. The third-order valence-corrected chi connectivity index (χ3v) is 3.29. The fourth-order valence-corrected chi connectivity index (χ4v) is 2.01. The van der Waals surface area contributed by atoms with Crippen molar-refractivity contribution in [3.8, 4) is 0 Å². The fraction of sp³-hybridized carbons (Fsp3) is 0.833. The van der Waals surface area contributed by atoms with Crippen LogP contribution in [0.15, 0.2) is 0 Å². The van der Waals surface area contributed by atoms with E-state index < -0.39 is 11.9 Å². The Labute approximate surface area is 102 Å². The van der Waals surface area contributed by atoms with Gasteiger partial charge in [0.25, 0.3) is 0 Å². The van der Waals surface area contributed by atoms with Gasteiger partial charge in [-0.25, -0.2) is 4.79 Å². The molecule has 1 aliphatic rings. The van der Waals surface area contributed by atoms with Crippen LogP contribution in [0.25, 0.3) is 0 Å². The van der Waals surface area contributed by atoms with E-state index in [0.717, 1.165) is 25.8 Å². The number of nitrogens with zero attached hydrogens (tertiary/aromatic N) is 1. The zero-order valence-electron chi connectivity index (χ0n) is 10.6. The number of carbonyl (C=O) groups excluding carboxylic acids is 1. The highest BCUT2D eigenvalue weighted by atomic mass is 16.4. The van der Waals surface area contributed by atoms with Crippen LogP contribution in [0.2, 0.25) is 0 Å². The Morgan fingerprint density at radius 2 is 2.12 bits per heavy atom. The third-order valence-electron chi connectivity index (χ3n) is 3.29. The van der Waals surface area contributed by atoms with Gasteiger partial charge < -0.3 is 15.3 Å². The van der Waals surface area contributed by atoms with Crippen LogP contribution in [0.4, 0.5) is 4.79 Å². The van der Waals surface area contributed by atoms with E-state index in [1.54, 1.807) is 6.92 Å². The number of carbonyl (C=O) groups is 2. The summed E-state index contributed by atoms with van der Waals surface area (Å²) in [6.45, 7) is 4.60. The molecular formula is C12H22N2O3. The molecular weight excluding hydrogens is 220 g/mol. The predicted octanol–water partition coefficient (Wildman–Crippen LogP) is 1.68. The van der Waals surface area contributed by atoms with E-state index in [0.29, 0.717) is 0 Å². The average Bonchev–Trinajstić information content (AvgIpc) is 2.50. The van der Waals surface area contributed by atoms with E-state index in [2.05, 4.69) is 5.32 Å². The number of hydrogen-bond donors (Lipinski definition) is 2. The number of nitrogens with one attached hydrogen (secondary N) is 1. The van der Waals surface area contributed by atoms with Gasteiger partial charge in [0.1, 0.15) is 0 Å². The van der Waals surface area contributed by atoms with Gasteiger partial charge in [-0.1, -0.05) is 19.8 Å². The number of urea groups is 1. The van der Waals surface area contributed by atoms with E-state index in [1.807, 2.05) is 11.8 Å². The number of amides is 2. The lowest BCUT2D eigenvalue weighted by atomic mass is 10.1. The van der Waals surface area contributed by atoms with E-state index in [-0.39, 0.29) is 18.6 Å². The van der Waals surface area contributed by atoms with Crippen molar-refractivity contribution < 1.29 is 14.7 Å². The molecule has 0 aliphatic carbocycles. The minimum Gasteiger partial charge on any atom is -0.481 e. The van der Waals surface area contributed by atoms with Crippen molar-refractivity contribution in [3.05, 3.63) is 0 Å². The molecule has 0 aromatic carbocycles. The normalized spacial score (nSPS) is 22.7. The zero-order valence-corrected chi connectivity index (χ0v) is 10.6. The molecule has 2 atom stereocenters. The van der Waals surface area contributed by atoms with Gasteiger partial charge >= 0.3 is 12.0 Å². The first kappa shape index (κ1) is 13.8. The van der Waals surface area contributed by atoms with E-state index in [4.69, 9.17) is 5.11 Å². The lowest BCUT2D eigenvalue weighted by Gasteiger charge is -2.27. The summed E-state index contributed by atoms with van der Waals surface area (Å²) in [4.78, 5) is 24.4. The number of rotatable bonds is 3. The Morgan fingerprint density at radius 3 is 2.76 bits per heavy atom. The largest absolute Gasteiger partial charge is 0.481 e. The van der Waals surface area contributed by atoms with Crippen LogP contribution in [0, 0.1) is 5.92 Å². The van der Waals surface area contributed by atoms with Crippen LogP contribution in [-0.2, 0) is 4.79 Å². The lowest BCUT2D eigenvalue weighted by Crippen LogP contribution is -2.46. The maximum absolute atomic E-state index is 11.9. The van der Waals surface area contributed by atoms with Crippen LogP contribution in [0.1, 0.15) is 39.5 Å². The van der Waals surface area contributed by atoms with E-state index >= 15 is 0 Å². The molecule has 2 N–H and O–H groups in total. The molecule has 2 unspecified atom stereocenters. The summed E-state index contributed by atoms with van der Waals surface area (Å²) in [7, 11) is 0. The van der Waals surface area contributed by atoms with Crippen molar-refractivity contribution in [2.45, 2.75) is 45.6 Å². The van der Waals surface area contributed by atoms with Crippen molar-refractivity contribution in [3.63, 3.8) is 0 Å². The maximum Gasteiger partial charge on any atom is 0.317 e. The first-order valence-electron chi connectivity index (χ1n) is 6.29. The SMILES string of the molecule is CC(CNC(=O)N1CCCCCC1C)C(=O)O. The summed E-state index contributed by atoms with van der Waals surface area (Å²) < 4.78 is 0. The first-order valence-corrected chi connectivity index (χ1v) is 6.29. The topological polar surface area (TPSA) is 69.6 Å². The second kappa shape index (κ2) is 6.47. The molecule has 5 heteroatoms. The molecule has 0 bridgehead atoms. The van der Waals surface area contributed by atoms with Crippen LogP contribution < -0.4 is 5.32 Å². The van der Waals surface area contributed by atoms with Gasteiger partial charge in [-0.2, -0.15) is 0 Å². The first-order chi connectivity index (χ1) is 8.02. The van der Waals surface area contributed by atoms with Crippen LogP contribution in [0.5, 0.6) is 0 Å². The van der Waals surface area contributed by atoms with Gasteiger partial charge in [0.15, 0.2) is 0 Å². The predicted molar refractivity (Wildman–Crippen MR) is 64.8 cm³/mol. The fourth-order valence-electron chi connectivity index (χ4n) is 2.01. The molecule has 0 spiro atoms. The van der Waals surface area contributed by atoms with E-state index in [9.17, 15) is 9.59 Å². The molecule has 1 rings (SSSR count). The maximum atomic E-state index is 11.9. The number of likely N-dealkylation sites (tertiary alicyclic amines) is 1. The molecule has 0 saturated carbocycles. The average molecular weight is 242 g/mol. The van der Waals surface area contributed by atoms with Crippen molar-refractivity contribution in [1.82, 2.24) is 10.2 Å². The zero-order chi connectivity index (χ0) is 12.8. The van der Waals surface area contributed by atoms with Crippen molar-refractivity contribution >= 4 is 12.0 Å². The van der Waals surface area contributed by atoms with Crippen molar-refractivity contribution in [2.75, 3.05) is 13.1 Å². The smallest absolute Gasteiger partial charge is 0.317 e. The Bertz CT molecular complexity index is 281. The molecule has 0 radical (unpaired) electrons. The molecule has 17 heavy (non-hydrogen) atoms. The number of hydrogen-bond acceptors (Lipinski definition) is 2. The standard InChI is InChI=1S/C12H22N2O3/c1-9(11(15)16)8-13-12(17)14-7-5-3-4-6-10(14)2/h9-10H,3-8H2,1-2H3,(H,13,17)(H,15,16). The monoisotopic (exact) mass is 242 g/mol. The van der Waals surface area contributed by atoms with Gasteiger partial charge in [0.05, 0.1) is 5.92 Å². The summed E-state index contributed by atoms with van der Waals surface area (Å²) >= 11 is 0. The molecule has 1 heterocycles. The number of aliphatic carboxylic acids is 1. The van der Waals surface area contributed by atoms with Crippen LogP contribution in [-0.4, -0.2) is 41.1 Å². The quantitative estimate of drug-likeness (QED) is 0.791. The van der Waals surface area contributed by atoms with Gasteiger partial charge in [0.2, 0.25) is 0 Å². The highest BCUT2D eigenvalue weighted by molar-refractivity contribution is 5.76. The molecule has 2 amide bonds. The van der Waals surface area contributed by atoms with Gasteiger partial charge in [-0.15, -0.1) is 0 Å². The second-order valence-electron chi connectivity index (χ2n) is 4.82. The molecule has 1 fully saturated rings. The molecule has 98 valence electrons. The van der Waals surface area contributed by atoms with Crippen molar-refractivity contribution in [1.29, 1.82) is 0 Å². The highest BCUT2D eigenvalue weighted by Gasteiger charge is 2.22. The summed E-state index contributed by atoms with van der Waals surface area (Å²) in [5.74, 6) is -1.42. The van der Waals surface area contributed by atoms with Crippen LogP contribution in [0.3, 0.4) is 0 Å². The summed E-state index contributed by atoms with van der Waals surface area (Å²) in [5, 5.41) is 11.4. The number of carboxylic acid groups (broad SMARTS) is 1. The molecule has 5 nitrogen and oxygen atoms in total. The molecule has 1 aliphatic heterocycles. The van der Waals surface area contributed by atoms with Gasteiger partial charge in [0, 0.05) is 19.1 Å². The highest BCUT2D eigenvalue weighted by Crippen LogP contribution is 2.16. The molecule has 0 aromatic rings. The summed E-state index contributed by atoms with van der Waals surface area (Å²) in [5.41, 5.74) is 0. The van der Waals surface area contributed by atoms with E-state index in [1.165, 1.54) is 6.42 Å². The Morgan fingerprint density at radius 1 is 1.41 bits per heavy atom. The van der Waals surface area contributed by atoms with Crippen molar-refractivity contribution in [2.24, 2.45) is 5.92 Å². The Hall–Kier alpha value is -1.26. The minimum absolute atomic E-state index is 0.132. The van der Waals surface area contributed by atoms with Crippen LogP contribution >= 0.6 is 0 Å².